The van der Waals surface area contributed by atoms with E-state index >= 15 is 0 Å². The molecule has 2 atom stereocenters. The van der Waals surface area contributed by atoms with Gasteiger partial charge >= 0.3 is 0 Å². The summed E-state index contributed by atoms with van der Waals surface area (Å²) >= 11 is 8.83. The molecule has 2 N–H and O–H groups in total. The van der Waals surface area contributed by atoms with Crippen LogP contribution < -0.4 is 5.73 Å². The molecule has 2 heterocycles. The summed E-state index contributed by atoms with van der Waals surface area (Å²) in [7, 11) is 0. The van der Waals surface area contributed by atoms with E-state index < -0.39 is 0 Å². The average Bonchev–Trinajstić information content (AvgIpc) is 2.63. The molecule has 0 aliphatic carbocycles. The number of furan rings is 1. The molecule has 0 spiro atoms. The molecule has 0 aromatic carbocycles. The maximum absolute atomic E-state index is 5.92. The van der Waals surface area contributed by atoms with Gasteiger partial charge in [-0.1, -0.05) is 0 Å². The Morgan fingerprint density at radius 2 is 2.41 bits per heavy atom. The molecule has 1 aliphatic heterocycles. The molecule has 1 fully saturated rings. The highest BCUT2D eigenvalue weighted by atomic mass is 79.9. The predicted octanol–water partition coefficient (Wildman–Crippen LogP) is 3.24. The van der Waals surface area contributed by atoms with Crippen LogP contribution in [0.1, 0.15) is 18.7 Å². The third-order valence-corrected chi connectivity index (χ3v) is 5.93. The molecule has 0 amide bonds. The smallest absolute Gasteiger partial charge is 0.183 e. The van der Waals surface area contributed by atoms with E-state index in [-0.39, 0.29) is 6.04 Å². The van der Waals surface area contributed by atoms with E-state index in [1.807, 2.05) is 17.8 Å². The lowest BCUT2D eigenvalue weighted by Crippen LogP contribution is -2.45. The molecule has 2 unspecified atom stereocenters. The van der Waals surface area contributed by atoms with E-state index in [1.165, 1.54) is 11.5 Å². The summed E-state index contributed by atoms with van der Waals surface area (Å²) in [6.45, 7) is 3.91. The largest absolute Gasteiger partial charge is 0.451 e. The van der Waals surface area contributed by atoms with Crippen LogP contribution in [0.4, 0.5) is 0 Å². The van der Waals surface area contributed by atoms with Crippen molar-refractivity contribution in [3.8, 4) is 0 Å². The van der Waals surface area contributed by atoms with Gasteiger partial charge < -0.3 is 10.2 Å². The van der Waals surface area contributed by atoms with Gasteiger partial charge in [0.1, 0.15) is 5.76 Å². The zero-order valence-corrected chi connectivity index (χ0v) is 13.6. The van der Waals surface area contributed by atoms with Crippen LogP contribution in [-0.2, 0) is 0 Å². The van der Waals surface area contributed by atoms with Crippen LogP contribution in [0.25, 0.3) is 0 Å². The van der Waals surface area contributed by atoms with Crippen molar-refractivity contribution in [2.24, 2.45) is 5.73 Å². The standard InChI is InChI=1S/C11H16Br2N2OS/c1-7-6-17-3-2-15(7)9(5-14)10-4-8(12)11(13)16-10/h4,7,9H,2-3,5-6,14H2,1H3. The van der Waals surface area contributed by atoms with E-state index in [9.17, 15) is 0 Å². The Morgan fingerprint density at radius 1 is 1.65 bits per heavy atom. The Bertz CT molecular complexity index is 366. The van der Waals surface area contributed by atoms with Crippen LogP contribution in [0.5, 0.6) is 0 Å². The Hall–Kier alpha value is 0.510. The number of nitrogens with two attached hydrogens (primary N) is 1. The second-order valence-electron chi connectivity index (χ2n) is 4.18. The van der Waals surface area contributed by atoms with Crippen molar-refractivity contribution in [1.29, 1.82) is 0 Å². The van der Waals surface area contributed by atoms with Gasteiger partial charge in [0.15, 0.2) is 4.67 Å². The molecule has 1 aliphatic rings. The van der Waals surface area contributed by atoms with Crippen molar-refractivity contribution in [3.05, 3.63) is 21.0 Å². The Labute approximate surface area is 123 Å². The summed E-state index contributed by atoms with van der Waals surface area (Å²) < 4.78 is 7.40. The molecule has 2 rings (SSSR count). The Balaban J connectivity index is 2.20. The van der Waals surface area contributed by atoms with E-state index in [2.05, 4.69) is 43.7 Å². The van der Waals surface area contributed by atoms with Crippen LogP contribution in [0, 0.1) is 0 Å². The first-order valence-corrected chi connectivity index (χ1v) is 8.36. The highest BCUT2D eigenvalue weighted by molar-refractivity contribution is 9.13. The van der Waals surface area contributed by atoms with Gasteiger partial charge in [0.2, 0.25) is 0 Å². The number of hydrogen-bond donors (Lipinski definition) is 1. The first kappa shape index (κ1) is 13.9. The molecule has 96 valence electrons. The van der Waals surface area contributed by atoms with Crippen molar-refractivity contribution in [3.63, 3.8) is 0 Å². The lowest BCUT2D eigenvalue weighted by atomic mass is 10.1. The van der Waals surface area contributed by atoms with Gasteiger partial charge in [0.05, 0.1) is 10.5 Å². The summed E-state index contributed by atoms with van der Waals surface area (Å²) in [4.78, 5) is 2.44. The van der Waals surface area contributed by atoms with Crippen LogP contribution in [-0.4, -0.2) is 35.5 Å². The fourth-order valence-corrected chi connectivity index (χ4v) is 3.79. The number of thioether (sulfide) groups is 1. The molecule has 0 bridgehead atoms. The van der Waals surface area contributed by atoms with E-state index in [0.717, 1.165) is 21.4 Å². The third kappa shape index (κ3) is 3.10. The Kier molecular flexibility index (Phi) is 5.00. The van der Waals surface area contributed by atoms with Crippen molar-refractivity contribution in [2.45, 2.75) is 19.0 Å². The lowest BCUT2D eigenvalue weighted by Gasteiger charge is -2.37. The van der Waals surface area contributed by atoms with Gasteiger partial charge in [-0.15, -0.1) is 0 Å². The molecule has 1 saturated heterocycles. The van der Waals surface area contributed by atoms with E-state index in [0.29, 0.717) is 12.6 Å². The molecule has 3 nitrogen and oxygen atoms in total. The second kappa shape index (κ2) is 6.10. The summed E-state index contributed by atoms with van der Waals surface area (Å²) in [5.74, 6) is 3.27. The van der Waals surface area contributed by atoms with Gasteiger partial charge in [-0.25, -0.2) is 0 Å². The normalized spacial score (nSPS) is 23.9. The van der Waals surface area contributed by atoms with E-state index in [4.69, 9.17) is 10.2 Å². The molecular weight excluding hydrogens is 368 g/mol. The summed E-state index contributed by atoms with van der Waals surface area (Å²) in [6, 6.07) is 2.73. The SMILES string of the molecule is CC1CSCCN1C(CN)c1cc(Br)c(Br)o1. The maximum atomic E-state index is 5.92. The topological polar surface area (TPSA) is 42.4 Å². The van der Waals surface area contributed by atoms with Crippen molar-refractivity contribution in [1.82, 2.24) is 4.90 Å². The summed E-state index contributed by atoms with van der Waals surface area (Å²) in [6.07, 6.45) is 0. The molecule has 1 aromatic heterocycles. The molecule has 1 aromatic rings. The number of hydrogen-bond acceptors (Lipinski definition) is 4. The number of rotatable bonds is 3. The number of halogens is 2. The quantitative estimate of drug-likeness (QED) is 0.869. The highest BCUT2D eigenvalue weighted by Crippen LogP contribution is 2.34. The minimum absolute atomic E-state index is 0.175. The van der Waals surface area contributed by atoms with Crippen LogP contribution in [0.15, 0.2) is 19.6 Å². The van der Waals surface area contributed by atoms with Crippen LogP contribution in [0.2, 0.25) is 0 Å². The minimum atomic E-state index is 0.175. The monoisotopic (exact) mass is 382 g/mol. The molecule has 0 saturated carbocycles. The fraction of sp³-hybridized carbons (Fsp3) is 0.636. The van der Waals surface area contributed by atoms with Gasteiger partial charge in [0, 0.05) is 30.6 Å². The molecule has 17 heavy (non-hydrogen) atoms. The van der Waals surface area contributed by atoms with Gasteiger partial charge in [-0.05, 0) is 44.8 Å². The summed E-state index contributed by atoms with van der Waals surface area (Å²) in [5, 5.41) is 0. The van der Waals surface area contributed by atoms with E-state index in [1.54, 1.807) is 0 Å². The zero-order valence-electron chi connectivity index (χ0n) is 9.66. The average molecular weight is 384 g/mol. The lowest BCUT2D eigenvalue weighted by molar-refractivity contribution is 0.146. The van der Waals surface area contributed by atoms with Crippen LogP contribution in [0.3, 0.4) is 0 Å². The van der Waals surface area contributed by atoms with Gasteiger partial charge in [-0.3, -0.25) is 4.90 Å². The maximum Gasteiger partial charge on any atom is 0.183 e. The van der Waals surface area contributed by atoms with Gasteiger partial charge in [0.25, 0.3) is 0 Å². The number of nitrogens with zero attached hydrogens (tertiary/aromatic N) is 1. The molecular formula is C11H16Br2N2OS. The first-order valence-electron chi connectivity index (χ1n) is 5.61. The minimum Gasteiger partial charge on any atom is -0.451 e. The van der Waals surface area contributed by atoms with Gasteiger partial charge in [-0.2, -0.15) is 11.8 Å². The molecule has 0 radical (unpaired) electrons. The Morgan fingerprint density at radius 3 is 2.94 bits per heavy atom. The highest BCUT2D eigenvalue weighted by Gasteiger charge is 2.29. The fourth-order valence-electron chi connectivity index (χ4n) is 2.15. The van der Waals surface area contributed by atoms with Crippen molar-refractivity contribution < 1.29 is 4.42 Å². The van der Waals surface area contributed by atoms with Crippen molar-refractivity contribution >= 4 is 43.6 Å². The summed E-state index contributed by atoms with van der Waals surface area (Å²) in [5.41, 5.74) is 5.92. The predicted molar refractivity (Wildman–Crippen MR) is 79.4 cm³/mol. The van der Waals surface area contributed by atoms with Crippen LogP contribution >= 0.6 is 43.6 Å². The zero-order chi connectivity index (χ0) is 12.4. The third-order valence-electron chi connectivity index (χ3n) is 3.04. The second-order valence-corrected chi connectivity index (χ2v) is 6.91. The van der Waals surface area contributed by atoms with Crippen molar-refractivity contribution in [2.75, 3.05) is 24.6 Å². The molecule has 6 heteroatoms. The first-order chi connectivity index (χ1) is 8.13.